The Kier molecular flexibility index (Phi) is 5.74. The molecule has 0 saturated carbocycles. The van der Waals surface area contributed by atoms with Gasteiger partial charge in [0.2, 0.25) is 5.91 Å². The third-order valence-electron chi connectivity index (χ3n) is 4.32. The van der Waals surface area contributed by atoms with Crippen LogP contribution in [0, 0.1) is 11.3 Å². The molecular formula is C19H30N2O2S. The van der Waals surface area contributed by atoms with E-state index in [9.17, 15) is 9.59 Å². The van der Waals surface area contributed by atoms with E-state index in [1.54, 1.807) is 0 Å². The minimum absolute atomic E-state index is 0.0108. The molecule has 0 unspecified atom stereocenters. The fraction of sp³-hybridized carbons (Fsp3) is 0.684. The monoisotopic (exact) mass is 350 g/mol. The Morgan fingerprint density at radius 1 is 1.21 bits per heavy atom. The van der Waals surface area contributed by atoms with Gasteiger partial charge in [0.15, 0.2) is 0 Å². The van der Waals surface area contributed by atoms with Gasteiger partial charge in [-0.3, -0.25) is 9.59 Å². The summed E-state index contributed by atoms with van der Waals surface area (Å²) in [5.41, 5.74) is -0.0352. The third-order valence-corrected chi connectivity index (χ3v) is 5.18. The summed E-state index contributed by atoms with van der Waals surface area (Å²) in [6.45, 7) is 12.1. The molecule has 1 aliphatic rings. The standard InChI is InChI=1S/C19H30N2O2S/c1-18(2,3)13-19(4,5)20-16(22)14-8-10-21(11-9-14)17(23)15-7-6-12-24-15/h6-7,12,14H,8-11,13H2,1-5H3,(H,20,22). The van der Waals surface area contributed by atoms with E-state index < -0.39 is 0 Å². The molecule has 0 aromatic carbocycles. The van der Waals surface area contributed by atoms with Gasteiger partial charge in [-0.15, -0.1) is 11.3 Å². The normalized spacial score (nSPS) is 17.0. The Hall–Kier alpha value is -1.36. The van der Waals surface area contributed by atoms with Crippen LogP contribution in [0.3, 0.4) is 0 Å². The van der Waals surface area contributed by atoms with Crippen LogP contribution in [0.4, 0.5) is 0 Å². The van der Waals surface area contributed by atoms with E-state index >= 15 is 0 Å². The second-order valence-electron chi connectivity index (χ2n) is 8.65. The molecule has 0 spiro atoms. The number of carbonyl (C=O) groups is 2. The van der Waals surface area contributed by atoms with Crippen LogP contribution in [0.25, 0.3) is 0 Å². The number of rotatable bonds is 4. The summed E-state index contributed by atoms with van der Waals surface area (Å²) in [6.07, 6.45) is 2.42. The van der Waals surface area contributed by atoms with Crippen LogP contribution in [0.5, 0.6) is 0 Å². The summed E-state index contributed by atoms with van der Waals surface area (Å²) in [5, 5.41) is 5.14. The van der Waals surface area contributed by atoms with E-state index in [0.717, 1.165) is 24.1 Å². The number of hydrogen-bond acceptors (Lipinski definition) is 3. The Morgan fingerprint density at radius 3 is 2.33 bits per heavy atom. The topological polar surface area (TPSA) is 49.4 Å². The van der Waals surface area contributed by atoms with E-state index in [0.29, 0.717) is 13.1 Å². The van der Waals surface area contributed by atoms with Gasteiger partial charge < -0.3 is 10.2 Å². The average Bonchev–Trinajstić information content (AvgIpc) is 2.97. The van der Waals surface area contributed by atoms with Crippen LogP contribution in [0.15, 0.2) is 17.5 Å². The van der Waals surface area contributed by atoms with Gasteiger partial charge in [-0.25, -0.2) is 0 Å². The van der Waals surface area contributed by atoms with Gasteiger partial charge in [-0.1, -0.05) is 26.8 Å². The molecule has 4 nitrogen and oxygen atoms in total. The third kappa shape index (κ3) is 5.33. The molecule has 0 aliphatic carbocycles. The van der Waals surface area contributed by atoms with Crippen molar-refractivity contribution in [3.05, 3.63) is 22.4 Å². The lowest BCUT2D eigenvalue weighted by molar-refractivity contribution is -0.128. The second-order valence-corrected chi connectivity index (χ2v) is 9.60. The van der Waals surface area contributed by atoms with Crippen LogP contribution in [0.2, 0.25) is 0 Å². The Labute approximate surface area is 149 Å². The number of nitrogens with zero attached hydrogens (tertiary/aromatic N) is 1. The molecular weight excluding hydrogens is 320 g/mol. The maximum absolute atomic E-state index is 12.6. The second kappa shape index (κ2) is 7.26. The van der Waals surface area contributed by atoms with E-state index in [1.807, 2.05) is 22.4 Å². The Morgan fingerprint density at radius 2 is 1.83 bits per heavy atom. The van der Waals surface area contributed by atoms with Gasteiger partial charge in [-0.2, -0.15) is 0 Å². The SMILES string of the molecule is CC(C)(C)CC(C)(C)NC(=O)C1CCN(C(=O)c2cccs2)CC1. The summed E-state index contributed by atoms with van der Waals surface area (Å²) < 4.78 is 0. The maximum atomic E-state index is 12.6. The minimum atomic E-state index is -0.209. The minimum Gasteiger partial charge on any atom is -0.351 e. The van der Waals surface area contributed by atoms with Crippen molar-refractivity contribution in [3.8, 4) is 0 Å². The predicted molar refractivity (Wildman–Crippen MR) is 99.2 cm³/mol. The van der Waals surface area contributed by atoms with Gasteiger partial charge >= 0.3 is 0 Å². The molecule has 2 rings (SSSR count). The largest absolute Gasteiger partial charge is 0.351 e. The summed E-state index contributed by atoms with van der Waals surface area (Å²) >= 11 is 1.47. The zero-order valence-electron chi connectivity index (χ0n) is 15.5. The highest BCUT2D eigenvalue weighted by atomic mass is 32.1. The number of likely N-dealkylation sites (tertiary alicyclic amines) is 1. The van der Waals surface area contributed by atoms with Crippen LogP contribution in [0.1, 0.15) is 63.6 Å². The molecule has 0 bridgehead atoms. The fourth-order valence-electron chi connectivity index (χ4n) is 3.71. The van der Waals surface area contributed by atoms with E-state index in [4.69, 9.17) is 0 Å². The first-order valence-corrected chi connectivity index (χ1v) is 9.60. The molecule has 2 heterocycles. The van der Waals surface area contributed by atoms with Crippen molar-refractivity contribution in [1.29, 1.82) is 0 Å². The quantitative estimate of drug-likeness (QED) is 0.894. The van der Waals surface area contributed by atoms with E-state index in [1.165, 1.54) is 11.3 Å². The van der Waals surface area contributed by atoms with Crippen LogP contribution in [-0.4, -0.2) is 35.3 Å². The zero-order chi connectivity index (χ0) is 18.0. The average molecular weight is 351 g/mol. The Balaban J connectivity index is 1.85. The summed E-state index contributed by atoms with van der Waals surface area (Å²) in [7, 11) is 0. The van der Waals surface area contributed by atoms with Crippen molar-refractivity contribution in [2.75, 3.05) is 13.1 Å². The zero-order valence-corrected chi connectivity index (χ0v) is 16.3. The van der Waals surface area contributed by atoms with Crippen molar-refractivity contribution < 1.29 is 9.59 Å². The maximum Gasteiger partial charge on any atom is 0.263 e. The number of nitrogens with one attached hydrogen (secondary N) is 1. The number of carbonyl (C=O) groups excluding carboxylic acids is 2. The van der Waals surface area contributed by atoms with Crippen LogP contribution < -0.4 is 5.32 Å². The number of hydrogen-bond donors (Lipinski definition) is 1. The highest BCUT2D eigenvalue weighted by Crippen LogP contribution is 2.28. The lowest BCUT2D eigenvalue weighted by atomic mass is 9.81. The number of amides is 2. The van der Waals surface area contributed by atoms with Crippen LogP contribution in [-0.2, 0) is 4.79 Å². The smallest absolute Gasteiger partial charge is 0.263 e. The Bertz CT molecular complexity index is 565. The molecule has 24 heavy (non-hydrogen) atoms. The summed E-state index contributed by atoms with van der Waals surface area (Å²) in [4.78, 5) is 27.6. The fourth-order valence-corrected chi connectivity index (χ4v) is 4.40. The molecule has 0 atom stereocenters. The molecule has 1 saturated heterocycles. The highest BCUT2D eigenvalue weighted by Gasteiger charge is 2.32. The van der Waals surface area contributed by atoms with Crippen molar-refractivity contribution in [3.63, 3.8) is 0 Å². The van der Waals surface area contributed by atoms with Crippen molar-refractivity contribution in [2.45, 2.75) is 59.4 Å². The molecule has 5 heteroatoms. The first-order valence-electron chi connectivity index (χ1n) is 8.72. The highest BCUT2D eigenvalue weighted by molar-refractivity contribution is 7.12. The molecule has 1 N–H and O–H groups in total. The summed E-state index contributed by atoms with van der Waals surface area (Å²) in [6, 6.07) is 3.76. The lowest BCUT2D eigenvalue weighted by Crippen LogP contribution is -2.50. The molecule has 1 fully saturated rings. The van der Waals surface area contributed by atoms with Crippen molar-refractivity contribution in [1.82, 2.24) is 10.2 Å². The summed E-state index contributed by atoms with van der Waals surface area (Å²) in [5.74, 6) is 0.237. The predicted octanol–water partition coefficient (Wildman–Crippen LogP) is 3.93. The molecule has 134 valence electrons. The molecule has 0 radical (unpaired) electrons. The molecule has 2 amide bonds. The van der Waals surface area contributed by atoms with Crippen LogP contribution >= 0.6 is 11.3 Å². The van der Waals surface area contributed by atoms with Crippen molar-refractivity contribution >= 4 is 23.2 Å². The lowest BCUT2D eigenvalue weighted by Gasteiger charge is -2.36. The van der Waals surface area contributed by atoms with Gasteiger partial charge in [0.05, 0.1) is 4.88 Å². The van der Waals surface area contributed by atoms with Gasteiger partial charge in [0.1, 0.15) is 0 Å². The number of piperidine rings is 1. The number of thiophene rings is 1. The van der Waals surface area contributed by atoms with E-state index in [-0.39, 0.29) is 28.7 Å². The van der Waals surface area contributed by atoms with Crippen molar-refractivity contribution in [2.24, 2.45) is 11.3 Å². The molecule has 1 aliphatic heterocycles. The first kappa shape index (κ1) is 19.0. The van der Waals surface area contributed by atoms with Gasteiger partial charge in [-0.05, 0) is 50.0 Å². The van der Waals surface area contributed by atoms with E-state index in [2.05, 4.69) is 39.9 Å². The molecule has 1 aromatic rings. The molecule has 1 aromatic heterocycles. The van der Waals surface area contributed by atoms with Gasteiger partial charge in [0, 0.05) is 24.5 Å². The van der Waals surface area contributed by atoms with Gasteiger partial charge in [0.25, 0.3) is 5.91 Å². The first-order chi connectivity index (χ1) is 11.1.